The zero-order chi connectivity index (χ0) is 38.6. The van der Waals surface area contributed by atoms with Gasteiger partial charge in [-0.05, 0) is 93.5 Å². The first-order chi connectivity index (χ1) is 27.3. The van der Waals surface area contributed by atoms with E-state index in [1.165, 1.54) is 16.4 Å². The standard InChI is InChI=1S/C43H46N6O7/c1-47-36-14-17-44-27-35(36)32-9-6-28(24-38(32)47)29-7-13-40(45-26-29)56-30-15-19-48(20-16-30)18-2-3-21-54-22-4-5-23-55-31-8-10-33-34(25-31)43(53)49(42(33)52)37-11-12-39(50)46-41(37)51/h6-10,13-14,17,24-27,30,37H,2-5,11-12,15-16,18-23H2,1H3,(H,46,50,51). The van der Waals surface area contributed by atoms with E-state index >= 15 is 0 Å². The molecule has 2 fully saturated rings. The highest BCUT2D eigenvalue weighted by atomic mass is 16.5. The van der Waals surface area contributed by atoms with Crippen LogP contribution in [0.5, 0.6) is 11.6 Å². The number of pyridine rings is 2. The Morgan fingerprint density at radius 3 is 2.36 bits per heavy atom. The molecule has 0 saturated carbocycles. The fraction of sp³-hybridized carbons (Fsp3) is 0.395. The van der Waals surface area contributed by atoms with Gasteiger partial charge in [0.25, 0.3) is 11.8 Å². The van der Waals surface area contributed by atoms with Crippen molar-refractivity contribution < 1.29 is 33.4 Å². The fourth-order valence-electron chi connectivity index (χ4n) is 7.95. The minimum absolute atomic E-state index is 0.0828. The first kappa shape index (κ1) is 37.3. The second-order valence-electron chi connectivity index (χ2n) is 14.8. The first-order valence-electron chi connectivity index (χ1n) is 19.6. The van der Waals surface area contributed by atoms with E-state index in [0.29, 0.717) is 24.8 Å². The molecule has 2 saturated heterocycles. The number of aromatic nitrogens is 3. The molecule has 2 aromatic carbocycles. The van der Waals surface area contributed by atoms with Crippen molar-refractivity contribution in [2.45, 2.75) is 63.5 Å². The molecular weight excluding hydrogens is 713 g/mol. The number of unbranched alkanes of at least 4 members (excludes halogenated alkanes) is 2. The normalized spacial score (nSPS) is 17.9. The number of imide groups is 2. The number of fused-ring (bicyclic) bond motifs is 4. The molecule has 13 nitrogen and oxygen atoms in total. The van der Waals surface area contributed by atoms with Gasteiger partial charge < -0.3 is 23.7 Å². The summed E-state index contributed by atoms with van der Waals surface area (Å²) in [7, 11) is 2.09. The van der Waals surface area contributed by atoms with E-state index in [9.17, 15) is 19.2 Å². The molecular formula is C43H46N6O7. The van der Waals surface area contributed by atoms with Gasteiger partial charge in [-0.1, -0.05) is 12.1 Å². The summed E-state index contributed by atoms with van der Waals surface area (Å²) < 4.78 is 20.2. The second-order valence-corrected chi connectivity index (χ2v) is 14.8. The van der Waals surface area contributed by atoms with Crippen LogP contribution < -0.4 is 14.8 Å². The number of benzene rings is 2. The molecule has 0 aliphatic carbocycles. The highest BCUT2D eigenvalue weighted by Crippen LogP contribution is 2.33. The Balaban J connectivity index is 0.680. The Kier molecular flexibility index (Phi) is 11.0. The van der Waals surface area contributed by atoms with Crippen LogP contribution in [0.3, 0.4) is 0 Å². The van der Waals surface area contributed by atoms with Gasteiger partial charge >= 0.3 is 0 Å². The number of rotatable bonds is 15. The van der Waals surface area contributed by atoms with Gasteiger partial charge in [0.1, 0.15) is 17.9 Å². The van der Waals surface area contributed by atoms with Crippen molar-refractivity contribution in [1.82, 2.24) is 29.7 Å². The molecule has 56 heavy (non-hydrogen) atoms. The van der Waals surface area contributed by atoms with Crippen LogP contribution in [0.25, 0.3) is 32.9 Å². The molecule has 290 valence electrons. The molecule has 1 N–H and O–H groups in total. The number of piperidine rings is 2. The predicted octanol–water partition coefficient (Wildman–Crippen LogP) is 5.69. The van der Waals surface area contributed by atoms with E-state index in [1.807, 2.05) is 24.7 Å². The quantitative estimate of drug-likeness (QED) is 0.104. The second kappa shape index (κ2) is 16.6. The van der Waals surface area contributed by atoms with Crippen molar-refractivity contribution in [3.63, 3.8) is 0 Å². The van der Waals surface area contributed by atoms with E-state index in [1.54, 1.807) is 18.2 Å². The zero-order valence-electron chi connectivity index (χ0n) is 31.6. The number of nitrogens with one attached hydrogen (secondary N) is 1. The maximum Gasteiger partial charge on any atom is 0.262 e. The van der Waals surface area contributed by atoms with Gasteiger partial charge in [0.05, 0.1) is 23.3 Å². The van der Waals surface area contributed by atoms with Crippen molar-refractivity contribution in [1.29, 1.82) is 0 Å². The third kappa shape index (κ3) is 7.87. The summed E-state index contributed by atoms with van der Waals surface area (Å²) in [6.07, 6.45) is 11.7. The number of hydrogen-bond donors (Lipinski definition) is 1. The number of nitrogens with zero attached hydrogens (tertiary/aromatic N) is 5. The Morgan fingerprint density at radius 1 is 0.768 bits per heavy atom. The van der Waals surface area contributed by atoms with Gasteiger partial charge in [-0.15, -0.1) is 0 Å². The first-order valence-corrected chi connectivity index (χ1v) is 19.6. The third-order valence-corrected chi connectivity index (χ3v) is 11.1. The maximum absolute atomic E-state index is 13.0. The predicted molar refractivity (Wildman–Crippen MR) is 209 cm³/mol. The van der Waals surface area contributed by atoms with Crippen LogP contribution in [-0.2, 0) is 21.4 Å². The van der Waals surface area contributed by atoms with Gasteiger partial charge in [-0.25, -0.2) is 4.98 Å². The summed E-state index contributed by atoms with van der Waals surface area (Å²) in [5.74, 6) is -0.940. The van der Waals surface area contributed by atoms with Gasteiger partial charge in [0.15, 0.2) is 0 Å². The Bertz CT molecular complexity index is 2260. The average molecular weight is 759 g/mol. The SMILES string of the molecule is Cn1c2ccncc2c2ccc(-c3ccc(OC4CCN(CCCCOCCCCOc5ccc6c(c5)C(=O)N(C5CCC(=O)NC5=O)C6=O)CC4)nc3)cc21. The minimum atomic E-state index is -0.986. The number of likely N-dealkylation sites (tertiary alicyclic amines) is 1. The molecule has 1 atom stereocenters. The summed E-state index contributed by atoms with van der Waals surface area (Å²) in [6, 6.07) is 16.4. The summed E-state index contributed by atoms with van der Waals surface area (Å²) in [4.78, 5) is 62.1. The highest BCUT2D eigenvalue weighted by Gasteiger charge is 2.44. The lowest BCUT2D eigenvalue weighted by molar-refractivity contribution is -0.136. The van der Waals surface area contributed by atoms with Crippen LogP contribution in [0.4, 0.5) is 0 Å². The molecule has 0 bridgehead atoms. The lowest BCUT2D eigenvalue weighted by Crippen LogP contribution is -2.54. The highest BCUT2D eigenvalue weighted by molar-refractivity contribution is 6.23. The van der Waals surface area contributed by atoms with Crippen LogP contribution in [0.1, 0.15) is 72.1 Å². The average Bonchev–Trinajstić information content (AvgIpc) is 3.64. The summed E-state index contributed by atoms with van der Waals surface area (Å²) >= 11 is 0. The molecule has 3 aromatic heterocycles. The van der Waals surface area contributed by atoms with Crippen LogP contribution >= 0.6 is 0 Å². The Hall–Kier alpha value is -5.66. The van der Waals surface area contributed by atoms with Gasteiger partial charge in [0.2, 0.25) is 17.7 Å². The number of hydrogen-bond acceptors (Lipinski definition) is 10. The van der Waals surface area contributed by atoms with Gasteiger partial charge in [-0.3, -0.25) is 34.4 Å². The lowest BCUT2D eigenvalue weighted by atomic mass is 10.0. The van der Waals surface area contributed by atoms with Crippen molar-refractivity contribution in [2.24, 2.45) is 7.05 Å². The van der Waals surface area contributed by atoms with Crippen molar-refractivity contribution in [3.05, 3.63) is 84.3 Å². The Labute approximate surface area is 324 Å². The number of amides is 4. The van der Waals surface area contributed by atoms with Crippen LogP contribution in [0, 0.1) is 0 Å². The molecule has 3 aliphatic rings. The van der Waals surface area contributed by atoms with E-state index in [0.717, 1.165) is 86.2 Å². The summed E-state index contributed by atoms with van der Waals surface area (Å²) in [6.45, 7) is 4.89. The van der Waals surface area contributed by atoms with Crippen molar-refractivity contribution in [3.8, 4) is 22.8 Å². The van der Waals surface area contributed by atoms with Crippen LogP contribution in [0.2, 0.25) is 0 Å². The molecule has 4 amide bonds. The molecule has 8 rings (SSSR count). The molecule has 13 heteroatoms. The van der Waals surface area contributed by atoms with E-state index in [4.69, 9.17) is 14.2 Å². The lowest BCUT2D eigenvalue weighted by Gasteiger charge is -2.31. The Morgan fingerprint density at radius 2 is 1.55 bits per heavy atom. The number of carbonyl (C=O) groups excluding carboxylic acids is 4. The molecule has 6 heterocycles. The monoisotopic (exact) mass is 758 g/mol. The smallest absolute Gasteiger partial charge is 0.262 e. The van der Waals surface area contributed by atoms with Crippen molar-refractivity contribution in [2.75, 3.05) is 39.5 Å². The molecule has 0 radical (unpaired) electrons. The number of ether oxygens (including phenoxy) is 3. The van der Waals surface area contributed by atoms with Crippen LogP contribution in [0.15, 0.2) is 73.2 Å². The van der Waals surface area contributed by atoms with Crippen LogP contribution in [-0.4, -0.2) is 99.6 Å². The summed E-state index contributed by atoms with van der Waals surface area (Å²) in [5.41, 5.74) is 4.97. The molecule has 3 aliphatic heterocycles. The fourth-order valence-corrected chi connectivity index (χ4v) is 7.95. The third-order valence-electron chi connectivity index (χ3n) is 11.1. The van der Waals surface area contributed by atoms with Gasteiger partial charge in [0, 0.05) is 86.3 Å². The number of aryl methyl sites for hydroxylation is 1. The minimum Gasteiger partial charge on any atom is -0.494 e. The van der Waals surface area contributed by atoms with E-state index < -0.39 is 29.7 Å². The molecule has 0 spiro atoms. The van der Waals surface area contributed by atoms with Gasteiger partial charge in [-0.2, -0.15) is 0 Å². The molecule has 1 unspecified atom stereocenters. The summed E-state index contributed by atoms with van der Waals surface area (Å²) in [5, 5.41) is 4.57. The largest absolute Gasteiger partial charge is 0.494 e. The zero-order valence-corrected chi connectivity index (χ0v) is 31.6. The van der Waals surface area contributed by atoms with E-state index in [-0.39, 0.29) is 30.1 Å². The topological polar surface area (TPSA) is 145 Å². The maximum atomic E-state index is 13.0. The van der Waals surface area contributed by atoms with Crippen molar-refractivity contribution >= 4 is 45.4 Å². The molecule has 5 aromatic rings. The number of carbonyl (C=O) groups is 4. The van der Waals surface area contributed by atoms with E-state index in [2.05, 4.69) is 62.1 Å².